The molecule has 1 heterocycles. The number of hydrogen-bond acceptors (Lipinski definition) is 5. The molecule has 4 N–H and O–H groups in total. The van der Waals surface area contributed by atoms with Gasteiger partial charge in [0.15, 0.2) is 0 Å². The van der Waals surface area contributed by atoms with Gasteiger partial charge in [-0.05, 0) is 43.6 Å². The summed E-state index contributed by atoms with van der Waals surface area (Å²) in [5.41, 5.74) is 0.947. The fourth-order valence-corrected chi connectivity index (χ4v) is 2.83. The summed E-state index contributed by atoms with van der Waals surface area (Å²) >= 11 is 13.0. The van der Waals surface area contributed by atoms with Gasteiger partial charge in [-0.15, -0.1) is 0 Å². The monoisotopic (exact) mass is 344 g/mol. The summed E-state index contributed by atoms with van der Waals surface area (Å²) in [6.45, 7) is 3.82. The zero-order valence-corrected chi connectivity index (χ0v) is 13.7. The topological polar surface area (TPSA) is 81.0 Å². The average Bonchev–Trinajstić information content (AvgIpc) is 2.73. The molecule has 21 heavy (non-hydrogen) atoms. The van der Waals surface area contributed by atoms with Crippen molar-refractivity contribution in [2.45, 2.75) is 19.9 Å². The van der Waals surface area contributed by atoms with E-state index in [1.807, 2.05) is 13.8 Å². The van der Waals surface area contributed by atoms with Gasteiger partial charge in [-0.3, -0.25) is 5.41 Å². The number of nitrogens with one attached hydrogen (secondary N) is 3. The lowest BCUT2D eigenvalue weighted by Gasteiger charge is -2.13. The quantitative estimate of drug-likeness (QED) is 0.494. The first-order chi connectivity index (χ1) is 9.88. The van der Waals surface area contributed by atoms with Crippen molar-refractivity contribution in [3.05, 3.63) is 33.8 Å². The Hall–Kier alpha value is -1.50. The normalized spacial score (nSPS) is 10.7. The van der Waals surface area contributed by atoms with Crippen molar-refractivity contribution >= 4 is 51.3 Å². The van der Waals surface area contributed by atoms with Crippen molar-refractivity contribution in [1.29, 1.82) is 5.41 Å². The van der Waals surface area contributed by atoms with Gasteiger partial charge in [-0.25, -0.2) is 0 Å². The molecule has 0 bridgehead atoms. The number of rotatable bonds is 4. The molecule has 0 radical (unpaired) electrons. The lowest BCUT2D eigenvalue weighted by Crippen LogP contribution is -2.30. The van der Waals surface area contributed by atoms with Crippen molar-refractivity contribution in [3.8, 4) is 5.88 Å². The number of amidine groups is 1. The molecule has 5 nitrogen and oxygen atoms in total. The van der Waals surface area contributed by atoms with Crippen LogP contribution in [0.5, 0.6) is 5.88 Å². The summed E-state index contributed by atoms with van der Waals surface area (Å²) < 4.78 is 3.87. The van der Waals surface area contributed by atoms with Crippen molar-refractivity contribution < 1.29 is 5.11 Å². The Bertz CT molecular complexity index is 672. The van der Waals surface area contributed by atoms with Gasteiger partial charge in [0.2, 0.25) is 5.88 Å². The molecule has 2 aromatic rings. The van der Waals surface area contributed by atoms with E-state index in [4.69, 9.17) is 28.6 Å². The maximum Gasteiger partial charge on any atom is 0.236 e. The highest BCUT2D eigenvalue weighted by Crippen LogP contribution is 2.35. The van der Waals surface area contributed by atoms with Gasteiger partial charge in [0.05, 0.1) is 10.7 Å². The number of halogens is 2. The molecular formula is C13H14Cl2N4OS. The second kappa shape index (κ2) is 6.51. The van der Waals surface area contributed by atoms with Crippen LogP contribution in [0.25, 0.3) is 0 Å². The largest absolute Gasteiger partial charge is 0.492 e. The highest BCUT2D eigenvalue weighted by atomic mass is 35.5. The van der Waals surface area contributed by atoms with Gasteiger partial charge in [0.1, 0.15) is 16.4 Å². The summed E-state index contributed by atoms with van der Waals surface area (Å²) in [6, 6.07) is 5.12. The zero-order valence-electron chi connectivity index (χ0n) is 11.4. The van der Waals surface area contributed by atoms with Crippen molar-refractivity contribution in [2.24, 2.45) is 0 Å². The van der Waals surface area contributed by atoms with Gasteiger partial charge >= 0.3 is 0 Å². The van der Waals surface area contributed by atoms with Crippen LogP contribution in [0.1, 0.15) is 19.4 Å². The Morgan fingerprint density at radius 3 is 2.71 bits per heavy atom. The number of aromatic hydroxyl groups is 1. The van der Waals surface area contributed by atoms with E-state index in [2.05, 4.69) is 15.0 Å². The first-order valence-corrected chi connectivity index (χ1v) is 7.67. The summed E-state index contributed by atoms with van der Waals surface area (Å²) in [5, 5.41) is 25.4. The van der Waals surface area contributed by atoms with E-state index < -0.39 is 0 Å². The molecule has 0 amide bonds. The van der Waals surface area contributed by atoms with E-state index in [0.717, 1.165) is 11.5 Å². The SMILES string of the molecule is CC(C)NC(=N)c1c(O)nsc1Nc1ccc(Cl)cc1Cl. The molecule has 1 aromatic heterocycles. The summed E-state index contributed by atoms with van der Waals surface area (Å²) in [6.07, 6.45) is 0. The molecule has 0 saturated carbocycles. The molecule has 2 rings (SSSR count). The fraction of sp³-hybridized carbons (Fsp3) is 0.231. The van der Waals surface area contributed by atoms with Gasteiger partial charge in [-0.1, -0.05) is 23.2 Å². The molecule has 112 valence electrons. The third kappa shape index (κ3) is 3.78. The van der Waals surface area contributed by atoms with Gasteiger partial charge < -0.3 is 15.7 Å². The van der Waals surface area contributed by atoms with E-state index in [9.17, 15) is 5.11 Å². The van der Waals surface area contributed by atoms with Crippen LogP contribution in [0, 0.1) is 5.41 Å². The minimum Gasteiger partial charge on any atom is -0.492 e. The number of aromatic nitrogens is 1. The van der Waals surface area contributed by atoms with E-state index in [1.165, 1.54) is 0 Å². The Morgan fingerprint density at radius 2 is 2.10 bits per heavy atom. The van der Waals surface area contributed by atoms with Crippen LogP contribution in [-0.4, -0.2) is 21.4 Å². The van der Waals surface area contributed by atoms with Crippen LogP contribution >= 0.6 is 34.7 Å². The maximum atomic E-state index is 9.83. The maximum absolute atomic E-state index is 9.83. The molecular weight excluding hydrogens is 331 g/mol. The summed E-state index contributed by atoms with van der Waals surface area (Å²) in [7, 11) is 0. The molecule has 0 fully saturated rings. The lowest BCUT2D eigenvalue weighted by atomic mass is 10.2. The molecule has 0 spiro atoms. The Balaban J connectivity index is 2.31. The van der Waals surface area contributed by atoms with Gasteiger partial charge in [0.25, 0.3) is 0 Å². The Morgan fingerprint density at radius 1 is 1.38 bits per heavy atom. The van der Waals surface area contributed by atoms with Crippen molar-refractivity contribution in [2.75, 3.05) is 5.32 Å². The van der Waals surface area contributed by atoms with E-state index >= 15 is 0 Å². The van der Waals surface area contributed by atoms with Crippen molar-refractivity contribution in [1.82, 2.24) is 9.69 Å². The van der Waals surface area contributed by atoms with Crippen LogP contribution in [0.15, 0.2) is 18.2 Å². The van der Waals surface area contributed by atoms with E-state index in [0.29, 0.717) is 26.3 Å². The van der Waals surface area contributed by atoms with Crippen LogP contribution in [0.3, 0.4) is 0 Å². The number of benzene rings is 1. The minimum absolute atomic E-state index is 0.0729. The smallest absolute Gasteiger partial charge is 0.236 e. The molecule has 8 heteroatoms. The number of nitrogens with zero attached hydrogens (tertiary/aromatic N) is 1. The van der Waals surface area contributed by atoms with E-state index in [1.54, 1.807) is 18.2 Å². The first-order valence-electron chi connectivity index (χ1n) is 6.14. The van der Waals surface area contributed by atoms with Crippen molar-refractivity contribution in [3.63, 3.8) is 0 Å². The van der Waals surface area contributed by atoms with E-state index in [-0.39, 0.29) is 17.8 Å². The van der Waals surface area contributed by atoms with Crippen LogP contribution in [0.2, 0.25) is 10.0 Å². The fourth-order valence-electron chi connectivity index (χ4n) is 1.67. The molecule has 0 unspecified atom stereocenters. The van der Waals surface area contributed by atoms with Crippen LogP contribution < -0.4 is 10.6 Å². The summed E-state index contributed by atoms with van der Waals surface area (Å²) in [5.74, 6) is -0.0884. The predicted octanol–water partition coefficient (Wildman–Crippen LogP) is 4.22. The molecule has 0 aliphatic carbocycles. The van der Waals surface area contributed by atoms with Crippen LogP contribution in [-0.2, 0) is 0 Å². The van der Waals surface area contributed by atoms with Gasteiger partial charge in [-0.2, -0.15) is 4.37 Å². The number of hydrogen-bond donors (Lipinski definition) is 4. The second-order valence-electron chi connectivity index (χ2n) is 4.63. The number of anilines is 2. The standard InChI is InChI=1S/C13H14Cl2N4OS/c1-6(2)17-11(16)10-12(20)19-21-13(10)18-9-4-3-7(14)5-8(9)15/h3-6,18H,1-2H3,(H2,16,17)(H,19,20). The molecule has 0 atom stereocenters. The third-order valence-electron chi connectivity index (χ3n) is 2.54. The Labute approximate surface area is 136 Å². The molecule has 1 aromatic carbocycles. The Kier molecular flexibility index (Phi) is 4.92. The van der Waals surface area contributed by atoms with Crippen LogP contribution in [0.4, 0.5) is 10.7 Å². The highest BCUT2D eigenvalue weighted by molar-refractivity contribution is 7.11. The summed E-state index contributed by atoms with van der Waals surface area (Å²) in [4.78, 5) is 0. The average molecular weight is 345 g/mol. The molecule has 0 saturated heterocycles. The zero-order chi connectivity index (χ0) is 15.6. The minimum atomic E-state index is -0.189. The first kappa shape index (κ1) is 15.9. The molecule has 0 aliphatic heterocycles. The van der Waals surface area contributed by atoms with Gasteiger partial charge in [0, 0.05) is 11.1 Å². The lowest BCUT2D eigenvalue weighted by molar-refractivity contribution is 0.458. The predicted molar refractivity (Wildman–Crippen MR) is 88.6 cm³/mol. The second-order valence-corrected chi connectivity index (χ2v) is 6.25. The highest BCUT2D eigenvalue weighted by Gasteiger charge is 2.19. The third-order valence-corrected chi connectivity index (χ3v) is 3.84. The molecule has 0 aliphatic rings.